The van der Waals surface area contributed by atoms with E-state index in [2.05, 4.69) is 15.5 Å². The van der Waals surface area contributed by atoms with Gasteiger partial charge in [0.2, 0.25) is 5.91 Å². The zero-order valence-electron chi connectivity index (χ0n) is 17.5. The number of piperidine rings is 1. The van der Waals surface area contributed by atoms with Gasteiger partial charge in [0.05, 0.1) is 13.2 Å². The number of benzene rings is 1. The standard InChI is InChI=1S/C22H33N3O3.2ClH/c26-22(15-18-12-19-4-5-20(13-18)24-19)23-16-17-2-1-3-21(14-17)28-11-8-25-6-9-27-10-7-25;;/h1-3,14,18-20,24H,4-13,15-16H2,(H,23,26);2*1H. The number of nitrogens with zero attached hydrogens (tertiary/aromatic N) is 1. The summed E-state index contributed by atoms with van der Waals surface area (Å²) in [6.45, 7) is 5.75. The van der Waals surface area contributed by atoms with Gasteiger partial charge in [-0.25, -0.2) is 0 Å². The number of amides is 1. The van der Waals surface area contributed by atoms with Crippen LogP contribution in [0.5, 0.6) is 5.75 Å². The highest BCUT2D eigenvalue weighted by molar-refractivity contribution is 5.85. The van der Waals surface area contributed by atoms with Gasteiger partial charge in [-0.05, 0) is 49.3 Å². The molecule has 30 heavy (non-hydrogen) atoms. The minimum atomic E-state index is 0. The van der Waals surface area contributed by atoms with Crippen molar-refractivity contribution in [3.05, 3.63) is 29.8 Å². The minimum Gasteiger partial charge on any atom is -0.492 e. The minimum absolute atomic E-state index is 0. The average Bonchev–Trinajstić information content (AvgIpc) is 3.06. The molecule has 1 amide bonds. The summed E-state index contributed by atoms with van der Waals surface area (Å²) in [5.41, 5.74) is 1.09. The Morgan fingerprint density at radius 2 is 1.90 bits per heavy atom. The molecule has 2 bridgehead atoms. The number of halogens is 2. The van der Waals surface area contributed by atoms with E-state index in [0.29, 0.717) is 37.6 Å². The second-order valence-electron chi connectivity index (χ2n) is 8.41. The quantitative estimate of drug-likeness (QED) is 0.625. The monoisotopic (exact) mass is 459 g/mol. The van der Waals surface area contributed by atoms with Gasteiger partial charge in [0, 0.05) is 44.7 Å². The molecule has 6 nitrogen and oxygen atoms in total. The summed E-state index contributed by atoms with van der Waals surface area (Å²) < 4.78 is 11.3. The van der Waals surface area contributed by atoms with Crippen molar-refractivity contribution in [3.63, 3.8) is 0 Å². The van der Waals surface area contributed by atoms with Crippen molar-refractivity contribution in [1.29, 1.82) is 0 Å². The molecule has 0 aromatic heterocycles. The molecule has 1 aromatic carbocycles. The first-order chi connectivity index (χ1) is 13.7. The maximum Gasteiger partial charge on any atom is 0.220 e. The van der Waals surface area contributed by atoms with E-state index in [1.165, 1.54) is 12.8 Å². The second-order valence-corrected chi connectivity index (χ2v) is 8.41. The maximum absolute atomic E-state index is 12.4. The van der Waals surface area contributed by atoms with Gasteiger partial charge in [-0.15, -0.1) is 24.8 Å². The molecule has 2 atom stereocenters. The summed E-state index contributed by atoms with van der Waals surface area (Å²) in [6, 6.07) is 9.33. The van der Waals surface area contributed by atoms with E-state index in [0.717, 1.165) is 57.0 Å². The van der Waals surface area contributed by atoms with Crippen LogP contribution < -0.4 is 15.4 Å². The van der Waals surface area contributed by atoms with Gasteiger partial charge in [-0.3, -0.25) is 9.69 Å². The molecule has 0 aliphatic carbocycles. The molecule has 4 rings (SSSR count). The Labute approximate surface area is 192 Å². The summed E-state index contributed by atoms with van der Waals surface area (Å²) in [5.74, 6) is 1.58. The Balaban J connectivity index is 0.00000160. The smallest absolute Gasteiger partial charge is 0.220 e. The number of rotatable bonds is 8. The van der Waals surface area contributed by atoms with Crippen LogP contribution in [0.2, 0.25) is 0 Å². The van der Waals surface area contributed by atoms with Crippen LogP contribution >= 0.6 is 24.8 Å². The van der Waals surface area contributed by atoms with Crippen LogP contribution in [-0.4, -0.2) is 62.3 Å². The van der Waals surface area contributed by atoms with Gasteiger partial charge in [0.25, 0.3) is 0 Å². The van der Waals surface area contributed by atoms with Crippen molar-refractivity contribution in [2.75, 3.05) is 39.5 Å². The van der Waals surface area contributed by atoms with Crippen LogP contribution in [-0.2, 0) is 16.1 Å². The predicted molar refractivity (Wildman–Crippen MR) is 123 cm³/mol. The highest BCUT2D eigenvalue weighted by Crippen LogP contribution is 2.32. The van der Waals surface area contributed by atoms with E-state index in [-0.39, 0.29) is 30.7 Å². The van der Waals surface area contributed by atoms with E-state index in [1.807, 2.05) is 24.3 Å². The van der Waals surface area contributed by atoms with Crippen molar-refractivity contribution < 1.29 is 14.3 Å². The first kappa shape index (κ1) is 25.2. The molecule has 2 unspecified atom stereocenters. The van der Waals surface area contributed by atoms with Crippen LogP contribution in [0, 0.1) is 5.92 Å². The lowest BCUT2D eigenvalue weighted by Crippen LogP contribution is -2.39. The number of ether oxygens (including phenoxy) is 2. The third kappa shape index (κ3) is 7.57. The lowest BCUT2D eigenvalue weighted by Gasteiger charge is -2.28. The lowest BCUT2D eigenvalue weighted by molar-refractivity contribution is -0.122. The summed E-state index contributed by atoms with van der Waals surface area (Å²) >= 11 is 0. The largest absolute Gasteiger partial charge is 0.492 e. The van der Waals surface area contributed by atoms with Crippen molar-refractivity contribution in [3.8, 4) is 5.75 Å². The number of nitrogens with one attached hydrogen (secondary N) is 2. The molecule has 8 heteroatoms. The van der Waals surface area contributed by atoms with Gasteiger partial charge in [0.15, 0.2) is 0 Å². The maximum atomic E-state index is 12.4. The zero-order valence-corrected chi connectivity index (χ0v) is 19.1. The molecule has 2 N–H and O–H groups in total. The van der Waals surface area contributed by atoms with Crippen LogP contribution in [0.15, 0.2) is 24.3 Å². The van der Waals surface area contributed by atoms with Gasteiger partial charge >= 0.3 is 0 Å². The Kier molecular flexibility index (Phi) is 10.7. The summed E-state index contributed by atoms with van der Waals surface area (Å²) in [4.78, 5) is 14.7. The molecule has 0 saturated carbocycles. The van der Waals surface area contributed by atoms with Gasteiger partial charge in [-0.2, -0.15) is 0 Å². The summed E-state index contributed by atoms with van der Waals surface area (Å²) in [5, 5.41) is 6.73. The van der Waals surface area contributed by atoms with E-state index < -0.39 is 0 Å². The molecule has 1 aromatic rings. The predicted octanol–water partition coefficient (Wildman–Crippen LogP) is 2.78. The van der Waals surface area contributed by atoms with E-state index >= 15 is 0 Å². The molecular formula is C22H35Cl2N3O3. The molecule has 3 fully saturated rings. The summed E-state index contributed by atoms with van der Waals surface area (Å²) in [6.07, 6.45) is 5.51. The Bertz CT molecular complexity index is 646. The van der Waals surface area contributed by atoms with Gasteiger partial charge < -0.3 is 20.1 Å². The second kappa shape index (κ2) is 12.7. The van der Waals surface area contributed by atoms with Crippen LogP contribution in [0.1, 0.15) is 37.7 Å². The van der Waals surface area contributed by atoms with Crippen LogP contribution in [0.4, 0.5) is 0 Å². The van der Waals surface area contributed by atoms with E-state index in [4.69, 9.17) is 9.47 Å². The first-order valence-corrected chi connectivity index (χ1v) is 10.8. The number of hydrogen-bond acceptors (Lipinski definition) is 5. The fraction of sp³-hybridized carbons (Fsp3) is 0.682. The topological polar surface area (TPSA) is 62.8 Å². The fourth-order valence-corrected chi connectivity index (χ4v) is 4.74. The molecule has 170 valence electrons. The SMILES string of the molecule is Cl.Cl.O=C(CC1CC2CCC(C1)N2)NCc1cccc(OCCN2CCOCC2)c1. The third-order valence-corrected chi connectivity index (χ3v) is 6.21. The van der Waals surface area contributed by atoms with Crippen LogP contribution in [0.25, 0.3) is 0 Å². The lowest BCUT2D eigenvalue weighted by atomic mass is 9.89. The van der Waals surface area contributed by atoms with Gasteiger partial charge in [0.1, 0.15) is 12.4 Å². The highest BCUT2D eigenvalue weighted by atomic mass is 35.5. The van der Waals surface area contributed by atoms with E-state index in [9.17, 15) is 4.79 Å². The number of hydrogen-bond donors (Lipinski definition) is 2. The Morgan fingerprint density at radius 1 is 1.17 bits per heavy atom. The molecule has 3 heterocycles. The molecule has 0 spiro atoms. The number of carbonyl (C=O) groups is 1. The third-order valence-electron chi connectivity index (χ3n) is 6.21. The van der Waals surface area contributed by atoms with Crippen molar-refractivity contribution in [2.45, 2.75) is 50.7 Å². The average molecular weight is 460 g/mol. The van der Waals surface area contributed by atoms with Crippen molar-refractivity contribution in [2.24, 2.45) is 5.92 Å². The van der Waals surface area contributed by atoms with Crippen molar-refractivity contribution >= 4 is 30.7 Å². The zero-order chi connectivity index (χ0) is 19.2. The molecular weight excluding hydrogens is 425 g/mol. The Hall–Kier alpha value is -1.05. The Morgan fingerprint density at radius 3 is 2.63 bits per heavy atom. The normalized spacial score (nSPS) is 25.7. The number of fused-ring (bicyclic) bond motifs is 2. The number of carbonyl (C=O) groups excluding carboxylic acids is 1. The molecule has 3 aliphatic heterocycles. The number of morpholine rings is 1. The highest BCUT2D eigenvalue weighted by Gasteiger charge is 2.34. The molecule has 0 radical (unpaired) electrons. The molecule has 3 aliphatic rings. The first-order valence-electron chi connectivity index (χ1n) is 10.8. The molecule has 3 saturated heterocycles. The van der Waals surface area contributed by atoms with Crippen molar-refractivity contribution in [1.82, 2.24) is 15.5 Å². The van der Waals surface area contributed by atoms with E-state index in [1.54, 1.807) is 0 Å². The summed E-state index contributed by atoms with van der Waals surface area (Å²) in [7, 11) is 0. The van der Waals surface area contributed by atoms with Gasteiger partial charge in [-0.1, -0.05) is 12.1 Å². The van der Waals surface area contributed by atoms with Crippen LogP contribution in [0.3, 0.4) is 0 Å². The fourth-order valence-electron chi connectivity index (χ4n) is 4.74.